The highest BCUT2D eigenvalue weighted by Crippen LogP contribution is 2.25. The average Bonchev–Trinajstić information content (AvgIpc) is 2.60. The summed E-state index contributed by atoms with van der Waals surface area (Å²) in [5, 5.41) is 18.7. The summed E-state index contributed by atoms with van der Waals surface area (Å²) in [5.74, 6) is -0.125. The molecular weight excluding hydrogens is 316 g/mol. The van der Waals surface area contributed by atoms with E-state index in [4.69, 9.17) is 14.6 Å². The van der Waals surface area contributed by atoms with Gasteiger partial charge in [0.2, 0.25) is 11.7 Å². The molecule has 1 rings (SSSR count). The molecule has 1 aromatic rings. The molecule has 1 unspecified atom stereocenters. The third-order valence-electron chi connectivity index (χ3n) is 3.68. The van der Waals surface area contributed by atoms with Crippen LogP contribution in [0.4, 0.5) is 0 Å². The van der Waals surface area contributed by atoms with Crippen LogP contribution in [-0.2, 0) is 20.7 Å². The van der Waals surface area contributed by atoms with E-state index in [1.807, 2.05) is 0 Å². The van der Waals surface area contributed by atoms with Gasteiger partial charge in [-0.3, -0.25) is 4.90 Å². The molecule has 0 aliphatic carbocycles. The highest BCUT2D eigenvalue weighted by Gasteiger charge is 2.44. The van der Waals surface area contributed by atoms with Crippen molar-refractivity contribution in [3.8, 4) is 5.75 Å². The van der Waals surface area contributed by atoms with Gasteiger partial charge in [-0.1, -0.05) is 12.1 Å². The van der Waals surface area contributed by atoms with E-state index < -0.39 is 24.3 Å². The summed E-state index contributed by atoms with van der Waals surface area (Å²) in [7, 11) is 4.22. The zero-order valence-corrected chi connectivity index (χ0v) is 13.9. The number of aliphatic hydroxyl groups is 2. The molecule has 2 N–H and O–H groups in total. The molecule has 0 fully saturated rings. The Hall–Kier alpha value is -2.25. The van der Waals surface area contributed by atoms with Gasteiger partial charge < -0.3 is 19.7 Å². The number of rotatable bonds is 9. The minimum atomic E-state index is -1.69. The van der Waals surface area contributed by atoms with Crippen LogP contribution in [0, 0.1) is 0 Å². The lowest BCUT2D eigenvalue weighted by molar-refractivity contribution is -0.155. The molecule has 0 aliphatic rings. The Morgan fingerprint density at radius 1 is 1.38 bits per heavy atom. The monoisotopic (exact) mass is 338 g/mol. The topological polar surface area (TPSA) is 109 Å². The maximum atomic E-state index is 12.4. The zero-order chi connectivity index (χ0) is 18.2. The van der Waals surface area contributed by atoms with Crippen molar-refractivity contribution < 1.29 is 29.3 Å². The van der Waals surface area contributed by atoms with Crippen LogP contribution >= 0.6 is 0 Å². The highest BCUT2D eigenvalue weighted by atomic mass is 16.5. The number of isocyanates is 1. The van der Waals surface area contributed by atoms with Gasteiger partial charge in [-0.05, 0) is 24.7 Å². The Balaban J connectivity index is 3.23. The number of aliphatic imine (C=N–C) groups is 1. The normalized spacial score (nSPS) is 14.4. The first-order valence-corrected chi connectivity index (χ1v) is 7.24. The van der Waals surface area contributed by atoms with Crippen molar-refractivity contribution in [3.05, 3.63) is 29.8 Å². The number of methoxy groups -OCH3 is 2. The number of esters is 1. The molecule has 0 saturated heterocycles. The van der Waals surface area contributed by atoms with Gasteiger partial charge in [0.05, 0.1) is 26.9 Å². The third kappa shape index (κ3) is 4.62. The molecule has 1 aromatic carbocycles. The van der Waals surface area contributed by atoms with Crippen LogP contribution in [0.1, 0.15) is 5.56 Å². The molecular formula is C16H22N2O6. The Bertz CT molecular complexity index is 585. The summed E-state index contributed by atoms with van der Waals surface area (Å²) in [5.41, 5.74) is -0.994. The van der Waals surface area contributed by atoms with E-state index in [0.717, 1.165) is 0 Å². The largest absolute Gasteiger partial charge is 0.497 e. The lowest BCUT2D eigenvalue weighted by Gasteiger charge is -2.35. The van der Waals surface area contributed by atoms with E-state index in [-0.39, 0.29) is 13.0 Å². The second-order valence-electron chi connectivity index (χ2n) is 5.25. The Kier molecular flexibility index (Phi) is 7.54. The molecule has 0 radical (unpaired) electrons. The van der Waals surface area contributed by atoms with Crippen LogP contribution in [0.5, 0.6) is 5.75 Å². The van der Waals surface area contributed by atoms with E-state index in [2.05, 4.69) is 4.99 Å². The number of ether oxygens (including phenoxy) is 2. The summed E-state index contributed by atoms with van der Waals surface area (Å²) in [4.78, 5) is 28.3. The number of carbonyl (C=O) groups is 1. The molecule has 0 amide bonds. The van der Waals surface area contributed by atoms with Gasteiger partial charge in [-0.2, -0.15) is 4.99 Å². The minimum Gasteiger partial charge on any atom is -0.497 e. The van der Waals surface area contributed by atoms with Crippen LogP contribution in [-0.4, -0.2) is 73.3 Å². The van der Waals surface area contributed by atoms with Crippen molar-refractivity contribution in [2.75, 3.05) is 34.4 Å². The fraction of sp³-hybridized carbons (Fsp3) is 0.500. The van der Waals surface area contributed by atoms with Crippen LogP contribution in [0.15, 0.2) is 29.3 Å². The molecule has 0 bridgehead atoms. The van der Waals surface area contributed by atoms with Gasteiger partial charge in [0, 0.05) is 13.0 Å². The quantitative estimate of drug-likeness (QED) is 0.362. The predicted molar refractivity (Wildman–Crippen MR) is 85.3 cm³/mol. The predicted octanol–water partition coefficient (Wildman–Crippen LogP) is -0.272. The number of nitrogens with zero attached hydrogens (tertiary/aromatic N) is 2. The maximum Gasteiger partial charge on any atom is 0.350 e. The fourth-order valence-corrected chi connectivity index (χ4v) is 2.33. The van der Waals surface area contributed by atoms with Crippen molar-refractivity contribution in [2.24, 2.45) is 4.99 Å². The number of benzene rings is 1. The van der Waals surface area contributed by atoms with Crippen LogP contribution in [0.3, 0.4) is 0 Å². The second kappa shape index (κ2) is 9.14. The number of likely N-dealkylation sites (N-methyl/N-ethyl adjacent to an activating group) is 1. The van der Waals surface area contributed by atoms with E-state index >= 15 is 0 Å². The lowest BCUT2D eigenvalue weighted by atomic mass is 9.98. The van der Waals surface area contributed by atoms with E-state index in [1.165, 1.54) is 32.2 Å². The van der Waals surface area contributed by atoms with E-state index in [1.54, 1.807) is 24.3 Å². The van der Waals surface area contributed by atoms with Crippen LogP contribution in [0.25, 0.3) is 0 Å². The molecule has 8 heteroatoms. The molecule has 0 aromatic heterocycles. The summed E-state index contributed by atoms with van der Waals surface area (Å²) in [6, 6.07) is 6.88. The smallest absolute Gasteiger partial charge is 0.350 e. The number of carbonyl (C=O) groups excluding carboxylic acids is 2. The van der Waals surface area contributed by atoms with Crippen molar-refractivity contribution in [2.45, 2.75) is 18.2 Å². The van der Waals surface area contributed by atoms with Crippen molar-refractivity contribution in [1.29, 1.82) is 0 Å². The van der Waals surface area contributed by atoms with E-state index in [0.29, 0.717) is 11.3 Å². The van der Waals surface area contributed by atoms with Crippen molar-refractivity contribution in [1.82, 2.24) is 4.90 Å². The lowest BCUT2D eigenvalue weighted by Crippen LogP contribution is -2.56. The number of aliphatic hydroxyl groups excluding tert-OH is 2. The second-order valence-corrected chi connectivity index (χ2v) is 5.25. The van der Waals surface area contributed by atoms with Crippen LogP contribution < -0.4 is 4.74 Å². The minimum absolute atomic E-state index is 0.0214. The number of hydrogen-bond acceptors (Lipinski definition) is 8. The van der Waals surface area contributed by atoms with Gasteiger partial charge in [0.15, 0.2) is 0 Å². The van der Waals surface area contributed by atoms with Gasteiger partial charge in [-0.25, -0.2) is 9.59 Å². The van der Waals surface area contributed by atoms with Gasteiger partial charge in [0.25, 0.3) is 0 Å². The molecule has 0 saturated carbocycles. The molecule has 8 nitrogen and oxygen atoms in total. The summed E-state index contributed by atoms with van der Waals surface area (Å²) < 4.78 is 9.88. The number of hydrogen-bond donors (Lipinski definition) is 2. The van der Waals surface area contributed by atoms with E-state index in [9.17, 15) is 14.7 Å². The first-order valence-electron chi connectivity index (χ1n) is 7.24. The first kappa shape index (κ1) is 19.8. The Labute approximate surface area is 140 Å². The fourth-order valence-electron chi connectivity index (χ4n) is 2.33. The highest BCUT2D eigenvalue weighted by molar-refractivity contribution is 5.82. The summed E-state index contributed by atoms with van der Waals surface area (Å²) in [6.45, 7) is -0.581. The standard InChI is InChI=1S/C16H22N2O6/c1-18(9-13(21)10-19)16(17-11-20,15(22)24-3)8-12-4-6-14(23-2)7-5-12/h4-7,13,19,21H,8-10H2,1-3H3/t13?,16-/m1/s1. The van der Waals surface area contributed by atoms with Gasteiger partial charge in [0.1, 0.15) is 5.75 Å². The van der Waals surface area contributed by atoms with Crippen molar-refractivity contribution in [3.63, 3.8) is 0 Å². The summed E-state index contributed by atoms with van der Waals surface area (Å²) in [6.07, 6.45) is 0.324. The molecule has 132 valence electrons. The van der Waals surface area contributed by atoms with Crippen molar-refractivity contribution >= 4 is 12.0 Å². The molecule has 0 aliphatic heterocycles. The van der Waals surface area contributed by atoms with Crippen LogP contribution in [0.2, 0.25) is 0 Å². The summed E-state index contributed by atoms with van der Waals surface area (Å²) >= 11 is 0. The zero-order valence-electron chi connectivity index (χ0n) is 13.9. The molecule has 24 heavy (non-hydrogen) atoms. The molecule has 0 spiro atoms. The maximum absolute atomic E-state index is 12.4. The SMILES string of the molecule is COC(=O)[C@](Cc1ccc(OC)cc1)(N=C=O)N(C)CC(O)CO. The molecule has 2 atom stereocenters. The van der Waals surface area contributed by atoms with Gasteiger partial charge in [-0.15, -0.1) is 0 Å². The van der Waals surface area contributed by atoms with Gasteiger partial charge >= 0.3 is 5.97 Å². The Morgan fingerprint density at radius 2 is 2.00 bits per heavy atom. The average molecular weight is 338 g/mol. The third-order valence-corrected chi connectivity index (χ3v) is 3.68. The Morgan fingerprint density at radius 3 is 2.46 bits per heavy atom. The first-order chi connectivity index (χ1) is 11.4. The molecule has 0 heterocycles.